The molecule has 1 fully saturated rings. The van der Waals surface area contributed by atoms with Crippen LogP contribution in [0.2, 0.25) is 0 Å². The summed E-state index contributed by atoms with van der Waals surface area (Å²) in [7, 11) is 0. The first kappa shape index (κ1) is 10.5. The lowest BCUT2D eigenvalue weighted by Crippen LogP contribution is -2.45. The van der Waals surface area contributed by atoms with E-state index >= 15 is 0 Å². The minimum absolute atomic E-state index is 0.636. The summed E-state index contributed by atoms with van der Waals surface area (Å²) in [6.45, 7) is 0.779. The Labute approximate surface area is 96.8 Å². The molecule has 0 amide bonds. The Balaban J connectivity index is 2.34. The molecule has 0 aromatic heterocycles. The molecule has 15 heavy (non-hydrogen) atoms. The van der Waals surface area contributed by atoms with Gasteiger partial charge in [0.05, 0.1) is 0 Å². The van der Waals surface area contributed by atoms with Gasteiger partial charge >= 0.3 is 5.97 Å². The lowest BCUT2D eigenvalue weighted by molar-refractivity contribution is -0.139. The average Bonchev–Trinajstić information content (AvgIpc) is 2.63. The number of nitrogens with zero attached hydrogens (tertiary/aromatic N) is 1. The van der Waals surface area contributed by atoms with Gasteiger partial charge < -0.3 is 10.0 Å². The third-order valence-electron chi connectivity index (χ3n) is 2.71. The number of hydrogen-bond donors (Lipinski definition) is 1. The second kappa shape index (κ2) is 3.85. The van der Waals surface area contributed by atoms with Crippen molar-refractivity contribution in [3.63, 3.8) is 0 Å². The van der Waals surface area contributed by atoms with Gasteiger partial charge in [0.1, 0.15) is 0 Å². The molecule has 80 valence electrons. The van der Waals surface area contributed by atoms with Crippen molar-refractivity contribution in [1.82, 2.24) is 0 Å². The van der Waals surface area contributed by atoms with E-state index in [0.29, 0.717) is 6.42 Å². The number of para-hydroxylation sites is 1. The average molecular weight is 270 g/mol. The normalized spacial score (nSPS) is 25.5. The molecular formula is C11H12BrNO2. The van der Waals surface area contributed by atoms with Crippen molar-refractivity contribution in [2.24, 2.45) is 0 Å². The molecule has 4 heteroatoms. The summed E-state index contributed by atoms with van der Waals surface area (Å²) < 4.78 is -0.922. The van der Waals surface area contributed by atoms with Crippen LogP contribution in [0.4, 0.5) is 5.69 Å². The SMILES string of the molecule is O=C(O)[C@]1(Br)CCCN1c1ccccc1. The van der Waals surface area contributed by atoms with Gasteiger partial charge in [-0.3, -0.25) is 0 Å². The molecule has 0 bridgehead atoms. The monoisotopic (exact) mass is 269 g/mol. The van der Waals surface area contributed by atoms with Crippen molar-refractivity contribution >= 4 is 27.6 Å². The molecule has 1 heterocycles. The first-order valence-electron chi connectivity index (χ1n) is 4.89. The minimum atomic E-state index is -0.922. The summed E-state index contributed by atoms with van der Waals surface area (Å²) in [4.78, 5) is 13.1. The van der Waals surface area contributed by atoms with Crippen LogP contribution < -0.4 is 4.90 Å². The molecule has 0 saturated carbocycles. The highest BCUT2D eigenvalue weighted by Crippen LogP contribution is 2.38. The van der Waals surface area contributed by atoms with E-state index < -0.39 is 10.4 Å². The molecule has 1 N–H and O–H groups in total. The number of hydrogen-bond acceptors (Lipinski definition) is 2. The van der Waals surface area contributed by atoms with E-state index in [1.54, 1.807) is 0 Å². The number of anilines is 1. The van der Waals surface area contributed by atoms with Crippen LogP contribution >= 0.6 is 15.9 Å². The predicted molar refractivity (Wildman–Crippen MR) is 62.3 cm³/mol. The maximum atomic E-state index is 11.2. The van der Waals surface area contributed by atoms with E-state index in [2.05, 4.69) is 15.9 Å². The quantitative estimate of drug-likeness (QED) is 0.663. The zero-order chi connectivity index (χ0) is 10.9. The van der Waals surface area contributed by atoms with E-state index in [0.717, 1.165) is 18.7 Å². The van der Waals surface area contributed by atoms with Gasteiger partial charge in [-0.15, -0.1) is 0 Å². The molecule has 1 aliphatic heterocycles. The number of alkyl halides is 1. The van der Waals surface area contributed by atoms with Gasteiger partial charge in [0, 0.05) is 12.2 Å². The fourth-order valence-corrected chi connectivity index (χ4v) is 2.61. The smallest absolute Gasteiger partial charge is 0.340 e. The van der Waals surface area contributed by atoms with Crippen LogP contribution in [0.15, 0.2) is 30.3 Å². The van der Waals surface area contributed by atoms with E-state index in [1.807, 2.05) is 35.2 Å². The molecule has 0 unspecified atom stereocenters. The highest BCUT2D eigenvalue weighted by atomic mass is 79.9. The van der Waals surface area contributed by atoms with Gasteiger partial charge in [0.15, 0.2) is 4.45 Å². The van der Waals surface area contributed by atoms with Crippen LogP contribution in [-0.2, 0) is 4.79 Å². The van der Waals surface area contributed by atoms with Crippen molar-refractivity contribution in [2.75, 3.05) is 11.4 Å². The standard InChI is InChI=1S/C11H12BrNO2/c12-11(10(14)15)7-4-8-13(11)9-5-2-1-3-6-9/h1-3,5-6H,4,7-8H2,(H,14,15)/t11-/m0/s1. The Bertz CT molecular complexity index is 368. The molecule has 1 aromatic carbocycles. The van der Waals surface area contributed by atoms with Crippen LogP contribution in [0, 0.1) is 0 Å². The fraction of sp³-hybridized carbons (Fsp3) is 0.364. The predicted octanol–water partition coefficient (Wildman–Crippen LogP) is 2.46. The van der Waals surface area contributed by atoms with Crippen molar-refractivity contribution < 1.29 is 9.90 Å². The highest BCUT2D eigenvalue weighted by molar-refractivity contribution is 9.10. The zero-order valence-corrected chi connectivity index (χ0v) is 9.77. The van der Waals surface area contributed by atoms with Crippen molar-refractivity contribution in [3.05, 3.63) is 30.3 Å². The summed E-state index contributed by atoms with van der Waals surface area (Å²) in [5, 5.41) is 9.22. The minimum Gasteiger partial charge on any atom is -0.479 e. The Kier molecular flexibility index (Phi) is 2.69. The van der Waals surface area contributed by atoms with Crippen LogP contribution in [0.1, 0.15) is 12.8 Å². The van der Waals surface area contributed by atoms with Crippen LogP contribution in [0.5, 0.6) is 0 Å². The first-order valence-corrected chi connectivity index (χ1v) is 5.69. The molecule has 0 radical (unpaired) electrons. The van der Waals surface area contributed by atoms with Crippen LogP contribution in [0.25, 0.3) is 0 Å². The highest BCUT2D eigenvalue weighted by Gasteiger charge is 2.45. The molecule has 0 aliphatic carbocycles. The van der Waals surface area contributed by atoms with Crippen molar-refractivity contribution in [3.8, 4) is 0 Å². The van der Waals surface area contributed by atoms with Gasteiger partial charge in [-0.25, -0.2) is 4.79 Å². The summed E-state index contributed by atoms with van der Waals surface area (Å²) in [5.74, 6) is -0.816. The molecule has 1 saturated heterocycles. The lowest BCUT2D eigenvalue weighted by Gasteiger charge is -2.31. The largest absolute Gasteiger partial charge is 0.479 e. The topological polar surface area (TPSA) is 40.5 Å². The maximum Gasteiger partial charge on any atom is 0.340 e. The second-order valence-electron chi connectivity index (χ2n) is 3.66. The third-order valence-corrected chi connectivity index (χ3v) is 3.88. The Hall–Kier alpha value is -1.03. The van der Waals surface area contributed by atoms with Gasteiger partial charge in [-0.1, -0.05) is 18.2 Å². The van der Waals surface area contributed by atoms with Crippen LogP contribution in [0.3, 0.4) is 0 Å². The molecule has 1 aromatic rings. The Morgan fingerprint density at radius 3 is 2.67 bits per heavy atom. The number of carbonyl (C=O) groups is 1. The maximum absolute atomic E-state index is 11.2. The Morgan fingerprint density at radius 2 is 2.07 bits per heavy atom. The molecule has 2 rings (SSSR count). The summed E-state index contributed by atoms with van der Waals surface area (Å²) in [6.07, 6.45) is 1.53. The number of benzene rings is 1. The first-order chi connectivity index (χ1) is 7.14. The number of aliphatic carboxylic acids is 1. The van der Waals surface area contributed by atoms with E-state index in [4.69, 9.17) is 0 Å². The van der Waals surface area contributed by atoms with Crippen molar-refractivity contribution in [2.45, 2.75) is 17.3 Å². The van der Waals surface area contributed by atoms with Crippen LogP contribution in [-0.4, -0.2) is 22.1 Å². The Morgan fingerprint density at radius 1 is 1.40 bits per heavy atom. The molecule has 3 nitrogen and oxygen atoms in total. The second-order valence-corrected chi connectivity index (χ2v) is 4.97. The summed E-state index contributed by atoms with van der Waals surface area (Å²) in [6, 6.07) is 9.64. The number of halogens is 1. The number of rotatable bonds is 2. The molecule has 1 aliphatic rings. The van der Waals surface area contributed by atoms with Gasteiger partial charge in [0.25, 0.3) is 0 Å². The fourth-order valence-electron chi connectivity index (χ4n) is 1.95. The van der Waals surface area contributed by atoms with E-state index in [9.17, 15) is 9.90 Å². The van der Waals surface area contributed by atoms with Gasteiger partial charge in [-0.2, -0.15) is 0 Å². The molecule has 0 spiro atoms. The number of carboxylic acids is 1. The van der Waals surface area contributed by atoms with E-state index in [1.165, 1.54) is 0 Å². The number of carboxylic acid groups (broad SMARTS) is 1. The summed E-state index contributed by atoms with van der Waals surface area (Å²) >= 11 is 3.34. The molecular weight excluding hydrogens is 258 g/mol. The third kappa shape index (κ3) is 1.74. The van der Waals surface area contributed by atoms with Gasteiger partial charge in [0.2, 0.25) is 0 Å². The summed E-state index contributed by atoms with van der Waals surface area (Å²) in [5.41, 5.74) is 0.953. The lowest BCUT2D eigenvalue weighted by atomic mass is 10.2. The zero-order valence-electron chi connectivity index (χ0n) is 8.19. The van der Waals surface area contributed by atoms with Gasteiger partial charge in [-0.05, 0) is 40.9 Å². The van der Waals surface area contributed by atoms with Crippen molar-refractivity contribution in [1.29, 1.82) is 0 Å². The van der Waals surface area contributed by atoms with E-state index in [-0.39, 0.29) is 0 Å². The molecule has 1 atom stereocenters.